The van der Waals surface area contributed by atoms with Gasteiger partial charge in [0.2, 0.25) is 17.4 Å². The quantitative estimate of drug-likeness (QED) is 0.782. The lowest BCUT2D eigenvalue weighted by molar-refractivity contribution is -0.122. The maximum Gasteiger partial charge on any atom is 0.249 e. The van der Waals surface area contributed by atoms with Crippen molar-refractivity contribution in [3.05, 3.63) is 81.9 Å². The summed E-state index contributed by atoms with van der Waals surface area (Å²) in [6.45, 7) is 0. The van der Waals surface area contributed by atoms with Crippen molar-refractivity contribution in [2.45, 2.75) is 11.9 Å². The molecule has 2 aromatic rings. The van der Waals surface area contributed by atoms with Crippen LogP contribution in [0.2, 0.25) is 5.02 Å². The number of ketones is 1. The molecule has 1 heterocycles. The SMILES string of the molecule is NC1=C(OSCc2cc(F)cc(F)c2)C(=O)C(c2ccc(Cl)cc2)O1. The summed E-state index contributed by atoms with van der Waals surface area (Å²) in [6, 6.07) is 9.72. The Hall–Kier alpha value is -2.25. The number of carbonyl (C=O) groups is 1. The van der Waals surface area contributed by atoms with Crippen LogP contribution in [0.4, 0.5) is 8.78 Å². The van der Waals surface area contributed by atoms with E-state index < -0.39 is 23.5 Å². The van der Waals surface area contributed by atoms with E-state index in [1.807, 2.05) is 0 Å². The zero-order chi connectivity index (χ0) is 18.0. The Balaban J connectivity index is 1.63. The van der Waals surface area contributed by atoms with Crippen molar-refractivity contribution in [3.63, 3.8) is 0 Å². The summed E-state index contributed by atoms with van der Waals surface area (Å²) in [5.74, 6) is -1.93. The van der Waals surface area contributed by atoms with Gasteiger partial charge in [-0.2, -0.15) is 0 Å². The molecule has 0 saturated carbocycles. The molecule has 1 atom stereocenters. The van der Waals surface area contributed by atoms with Crippen LogP contribution < -0.4 is 5.73 Å². The average molecular weight is 384 g/mol. The first-order valence-electron chi connectivity index (χ1n) is 7.14. The van der Waals surface area contributed by atoms with Crippen LogP contribution in [-0.4, -0.2) is 5.78 Å². The van der Waals surface area contributed by atoms with Crippen LogP contribution >= 0.6 is 23.6 Å². The lowest BCUT2D eigenvalue weighted by atomic mass is 10.1. The number of halogens is 3. The molecule has 2 aromatic carbocycles. The van der Waals surface area contributed by atoms with Gasteiger partial charge in [0.1, 0.15) is 11.6 Å². The Bertz CT molecular complexity index is 822. The molecule has 0 bridgehead atoms. The monoisotopic (exact) mass is 383 g/mol. The van der Waals surface area contributed by atoms with Crippen LogP contribution in [-0.2, 0) is 19.5 Å². The molecule has 130 valence electrons. The van der Waals surface area contributed by atoms with Crippen molar-refractivity contribution in [2.75, 3.05) is 0 Å². The second-order valence-corrected chi connectivity index (χ2v) is 6.36. The first-order chi connectivity index (χ1) is 11.9. The number of nitrogens with two attached hydrogens (primary N) is 1. The Morgan fingerprint density at radius 2 is 1.80 bits per heavy atom. The summed E-state index contributed by atoms with van der Waals surface area (Å²) in [5, 5.41) is 0.532. The van der Waals surface area contributed by atoms with Crippen LogP contribution in [0.15, 0.2) is 54.1 Å². The second kappa shape index (κ2) is 7.33. The minimum atomic E-state index is -0.903. The largest absolute Gasteiger partial charge is 0.460 e. The highest BCUT2D eigenvalue weighted by Gasteiger charge is 2.37. The maximum absolute atomic E-state index is 13.1. The summed E-state index contributed by atoms with van der Waals surface area (Å²) in [6.07, 6.45) is -0.903. The average Bonchev–Trinajstić information content (AvgIpc) is 2.83. The molecule has 8 heteroatoms. The number of Topliss-reactive ketones (excluding diaryl/α,β-unsaturated/α-hetero) is 1. The minimum absolute atomic E-state index is 0.123. The van der Waals surface area contributed by atoms with Crippen molar-refractivity contribution >= 4 is 29.4 Å². The number of benzene rings is 2. The van der Waals surface area contributed by atoms with Gasteiger partial charge in [-0.3, -0.25) is 4.79 Å². The number of rotatable bonds is 5. The van der Waals surface area contributed by atoms with Gasteiger partial charge >= 0.3 is 0 Å². The smallest absolute Gasteiger partial charge is 0.249 e. The first kappa shape index (κ1) is 17.6. The third-order valence-corrected chi connectivity index (χ3v) is 4.38. The maximum atomic E-state index is 13.1. The van der Waals surface area contributed by atoms with E-state index in [9.17, 15) is 13.6 Å². The molecule has 1 aliphatic heterocycles. The van der Waals surface area contributed by atoms with E-state index in [2.05, 4.69) is 0 Å². The summed E-state index contributed by atoms with van der Waals surface area (Å²) < 4.78 is 37.0. The summed E-state index contributed by atoms with van der Waals surface area (Å²) in [4.78, 5) is 12.4. The molecule has 0 radical (unpaired) electrons. The zero-order valence-corrected chi connectivity index (χ0v) is 14.2. The van der Waals surface area contributed by atoms with E-state index in [-0.39, 0.29) is 17.4 Å². The molecule has 0 amide bonds. The normalized spacial score (nSPS) is 16.9. The van der Waals surface area contributed by atoms with Crippen molar-refractivity contribution in [1.29, 1.82) is 0 Å². The molecule has 25 heavy (non-hydrogen) atoms. The molecule has 3 rings (SSSR count). The molecule has 0 saturated heterocycles. The van der Waals surface area contributed by atoms with Gasteiger partial charge in [0.25, 0.3) is 0 Å². The van der Waals surface area contributed by atoms with Gasteiger partial charge in [0, 0.05) is 16.7 Å². The summed E-state index contributed by atoms with van der Waals surface area (Å²) in [7, 11) is 0. The van der Waals surface area contributed by atoms with E-state index in [0.29, 0.717) is 16.1 Å². The minimum Gasteiger partial charge on any atom is -0.460 e. The molecule has 2 N–H and O–H groups in total. The highest BCUT2D eigenvalue weighted by molar-refractivity contribution is 7.94. The van der Waals surface area contributed by atoms with Gasteiger partial charge < -0.3 is 14.7 Å². The van der Waals surface area contributed by atoms with Gasteiger partial charge in [-0.25, -0.2) is 8.78 Å². The lowest BCUT2D eigenvalue weighted by Gasteiger charge is -2.09. The Labute approximate surface area is 151 Å². The fourth-order valence-electron chi connectivity index (χ4n) is 2.26. The number of carbonyl (C=O) groups excluding carboxylic acids is 1. The van der Waals surface area contributed by atoms with E-state index in [0.717, 1.165) is 18.1 Å². The molecule has 0 aliphatic carbocycles. The van der Waals surface area contributed by atoms with E-state index in [1.165, 1.54) is 12.1 Å². The second-order valence-electron chi connectivity index (χ2n) is 5.23. The highest BCUT2D eigenvalue weighted by Crippen LogP contribution is 2.34. The van der Waals surface area contributed by atoms with Crippen LogP contribution in [0.3, 0.4) is 0 Å². The Morgan fingerprint density at radius 1 is 1.16 bits per heavy atom. The fourth-order valence-corrected chi connectivity index (χ4v) is 3.03. The zero-order valence-electron chi connectivity index (χ0n) is 12.7. The van der Waals surface area contributed by atoms with Gasteiger partial charge in [0.15, 0.2) is 6.10 Å². The van der Waals surface area contributed by atoms with Crippen LogP contribution in [0.25, 0.3) is 0 Å². The predicted molar refractivity (Wildman–Crippen MR) is 90.2 cm³/mol. The van der Waals surface area contributed by atoms with Gasteiger partial charge in [-0.15, -0.1) is 0 Å². The third-order valence-electron chi connectivity index (χ3n) is 3.39. The lowest BCUT2D eigenvalue weighted by Crippen LogP contribution is -2.10. The van der Waals surface area contributed by atoms with Gasteiger partial charge in [-0.05, 0) is 29.8 Å². The van der Waals surface area contributed by atoms with Crippen LogP contribution in [0.1, 0.15) is 17.2 Å². The molecule has 0 aromatic heterocycles. The van der Waals surface area contributed by atoms with E-state index in [4.69, 9.17) is 26.3 Å². The molecule has 1 aliphatic rings. The van der Waals surface area contributed by atoms with Crippen LogP contribution in [0.5, 0.6) is 0 Å². The van der Waals surface area contributed by atoms with E-state index >= 15 is 0 Å². The standard InChI is InChI=1S/C17H12ClF2NO3S/c18-11-3-1-10(2-4-11)15-14(22)16(17(21)23-15)24-25-8-9-5-12(19)7-13(20)6-9/h1-7,15H,8,21H2. The molecular weight excluding hydrogens is 372 g/mol. The first-order valence-corrected chi connectivity index (χ1v) is 8.43. The third kappa shape index (κ3) is 4.05. The van der Waals surface area contributed by atoms with Gasteiger partial charge in [-0.1, -0.05) is 23.7 Å². The number of hydrogen-bond acceptors (Lipinski definition) is 5. The summed E-state index contributed by atoms with van der Waals surface area (Å²) in [5.41, 5.74) is 6.67. The van der Waals surface area contributed by atoms with Crippen molar-refractivity contribution in [1.82, 2.24) is 0 Å². The van der Waals surface area contributed by atoms with Crippen molar-refractivity contribution in [3.8, 4) is 0 Å². The number of hydrogen-bond donors (Lipinski definition) is 1. The Kier molecular flexibility index (Phi) is 5.15. The Morgan fingerprint density at radius 3 is 2.44 bits per heavy atom. The number of ether oxygens (including phenoxy) is 1. The molecule has 0 spiro atoms. The van der Waals surface area contributed by atoms with E-state index in [1.54, 1.807) is 24.3 Å². The molecule has 1 unspecified atom stereocenters. The van der Waals surface area contributed by atoms with Crippen molar-refractivity contribution < 1.29 is 22.5 Å². The predicted octanol–water partition coefficient (Wildman–Crippen LogP) is 4.25. The topological polar surface area (TPSA) is 61.5 Å². The fraction of sp³-hybridized carbons (Fsp3) is 0.118. The molecule has 0 fully saturated rings. The molecular formula is C17H12ClF2NO3S. The van der Waals surface area contributed by atoms with Crippen molar-refractivity contribution in [2.24, 2.45) is 5.73 Å². The van der Waals surface area contributed by atoms with Gasteiger partial charge in [0.05, 0.1) is 17.8 Å². The summed E-state index contributed by atoms with van der Waals surface area (Å²) >= 11 is 6.65. The molecule has 4 nitrogen and oxygen atoms in total. The van der Waals surface area contributed by atoms with Crippen LogP contribution in [0, 0.1) is 11.6 Å². The highest BCUT2D eigenvalue weighted by atomic mass is 35.5.